The maximum Gasteiger partial charge on any atom is 0.345 e. The molecule has 0 fully saturated rings. The Hall–Kier alpha value is -0.240. The zero-order valence-corrected chi connectivity index (χ0v) is 13.2. The number of benzene rings is 1. The van der Waals surface area contributed by atoms with Crippen molar-refractivity contribution < 1.29 is 14.8 Å². The quantitative estimate of drug-likeness (QED) is 0.447. The van der Waals surface area contributed by atoms with Crippen LogP contribution in [0.25, 0.3) is 0 Å². The monoisotopic (exact) mass is 425 g/mol. The van der Waals surface area contributed by atoms with Gasteiger partial charge in [-0.05, 0) is 53.9 Å². The summed E-state index contributed by atoms with van der Waals surface area (Å²) in [4.78, 5) is 15.8. The van der Waals surface area contributed by atoms with Gasteiger partial charge < -0.3 is 4.74 Å². The number of quaternary nitrogens is 1. The second-order valence-electron chi connectivity index (χ2n) is 3.38. The summed E-state index contributed by atoms with van der Waals surface area (Å²) in [6, 6.07) is 7.76. The van der Waals surface area contributed by atoms with Gasteiger partial charge in [0.1, 0.15) is 5.69 Å². The van der Waals surface area contributed by atoms with Gasteiger partial charge in [-0.25, -0.2) is 4.79 Å². The second kappa shape index (κ2) is 5.17. The number of esters is 1. The second-order valence-corrected chi connectivity index (χ2v) is 10.1. The molecule has 0 amide bonds. The van der Waals surface area contributed by atoms with Crippen molar-refractivity contribution in [3.63, 3.8) is 0 Å². The van der Waals surface area contributed by atoms with Gasteiger partial charge in [-0.15, -0.1) is 0 Å². The van der Waals surface area contributed by atoms with Crippen molar-refractivity contribution in [1.29, 1.82) is 0 Å². The third kappa shape index (κ3) is 3.37. The number of amidine groups is 1. The van der Waals surface area contributed by atoms with E-state index in [-0.39, 0.29) is 6.61 Å². The van der Waals surface area contributed by atoms with Gasteiger partial charge in [-0.1, -0.05) is 12.1 Å². The van der Waals surface area contributed by atoms with Crippen LogP contribution >= 0.6 is 47.8 Å². The highest BCUT2D eigenvalue weighted by molar-refractivity contribution is 9.40. The highest BCUT2D eigenvalue weighted by atomic mass is 80.0. The largest absolute Gasteiger partial charge is 0.451 e. The highest BCUT2D eigenvalue weighted by Gasteiger charge is 2.31. The molecule has 2 rings (SSSR count). The van der Waals surface area contributed by atoms with Crippen molar-refractivity contribution in [3.8, 4) is 0 Å². The Morgan fingerprint density at radius 2 is 2.06 bits per heavy atom. The van der Waals surface area contributed by atoms with Gasteiger partial charge in [-0.2, -0.15) is 4.99 Å². The van der Waals surface area contributed by atoms with Crippen molar-refractivity contribution >= 4 is 71.0 Å². The number of hydrogen-bond acceptors (Lipinski definition) is 3. The third-order valence-electron chi connectivity index (χ3n) is 2.11. The molecular weight excluding hydrogens is 420 g/mol. The molecule has 1 aliphatic heterocycles. The maximum absolute atomic E-state index is 11.5. The number of halogens is 3. The zero-order chi connectivity index (χ0) is 12.5. The Bertz CT molecular complexity index is 483. The van der Waals surface area contributed by atoms with Crippen LogP contribution in [0.1, 0.15) is 0 Å². The molecule has 90 valence electrons. The van der Waals surface area contributed by atoms with Gasteiger partial charge in [0.2, 0.25) is 7.98 Å². The van der Waals surface area contributed by atoms with Crippen LogP contribution in [0.15, 0.2) is 29.3 Å². The predicted octanol–water partition coefficient (Wildman–Crippen LogP) is 2.31. The molecule has 0 atom stereocenters. The average molecular weight is 428 g/mol. The summed E-state index contributed by atoms with van der Waals surface area (Å²) in [5, 5.41) is 1.90. The van der Waals surface area contributed by atoms with E-state index >= 15 is 0 Å². The van der Waals surface area contributed by atoms with E-state index in [9.17, 15) is 4.79 Å². The molecule has 0 aromatic heterocycles. The number of carbonyl (C=O) groups excluding carboxylic acids is 1. The minimum absolute atomic E-state index is 0.151. The smallest absolute Gasteiger partial charge is 0.345 e. The van der Waals surface area contributed by atoms with E-state index in [1.54, 1.807) is 0 Å². The van der Waals surface area contributed by atoms with Crippen LogP contribution in [0.2, 0.25) is 0 Å². The third-order valence-corrected chi connectivity index (χ3v) is 3.08. The summed E-state index contributed by atoms with van der Waals surface area (Å²) in [7, 11) is 0. The van der Waals surface area contributed by atoms with Gasteiger partial charge in [-0.3, -0.25) is 5.32 Å². The number of rotatable bonds is 2. The number of ether oxygens (including phenoxy) is 1. The summed E-state index contributed by atoms with van der Waals surface area (Å²) in [6.45, 7) is 0.151. The normalized spacial score (nSPS) is 14.2. The molecule has 0 radical (unpaired) electrons. The summed E-state index contributed by atoms with van der Waals surface area (Å²) in [6.07, 6.45) is 0. The number of nitrogens with two attached hydrogens (primary N) is 1. The van der Waals surface area contributed by atoms with Gasteiger partial charge in [0.15, 0.2) is 12.3 Å². The first-order chi connectivity index (χ1) is 7.97. The van der Waals surface area contributed by atoms with Gasteiger partial charge >= 0.3 is 5.97 Å². The zero-order valence-electron chi connectivity index (χ0n) is 8.49. The van der Waals surface area contributed by atoms with Crippen molar-refractivity contribution in [2.75, 3.05) is 6.61 Å². The molecule has 1 heterocycles. The van der Waals surface area contributed by atoms with Crippen molar-refractivity contribution in [2.24, 2.45) is 4.99 Å². The van der Waals surface area contributed by atoms with Crippen LogP contribution in [0.3, 0.4) is 0 Å². The van der Waals surface area contributed by atoms with Crippen LogP contribution in [-0.4, -0.2) is 20.6 Å². The lowest BCUT2D eigenvalue weighted by Crippen LogP contribution is -2.81. The lowest BCUT2D eigenvalue weighted by atomic mass is 10.3. The van der Waals surface area contributed by atoms with E-state index in [2.05, 4.69) is 52.8 Å². The fourth-order valence-electron chi connectivity index (χ4n) is 1.37. The minimum atomic E-state index is -1.03. The van der Waals surface area contributed by atoms with Crippen LogP contribution in [-0.2, 0) is 9.53 Å². The van der Waals surface area contributed by atoms with Crippen LogP contribution in [0.4, 0.5) is 11.4 Å². The Morgan fingerprint density at radius 1 is 1.35 bits per heavy atom. The predicted molar refractivity (Wildman–Crippen MR) is 75.6 cm³/mol. The van der Waals surface area contributed by atoms with E-state index in [1.165, 1.54) is 0 Å². The highest BCUT2D eigenvalue weighted by Crippen LogP contribution is 2.34. The molecule has 1 aliphatic rings. The summed E-state index contributed by atoms with van der Waals surface area (Å²) in [5.74, 6) is 0.279. The maximum atomic E-state index is 11.5. The van der Waals surface area contributed by atoms with Crippen molar-refractivity contribution in [3.05, 3.63) is 24.3 Å². The fourth-order valence-corrected chi connectivity index (χ4v) is 1.72. The van der Waals surface area contributed by atoms with Crippen molar-refractivity contribution in [1.82, 2.24) is 0 Å². The number of hydrogen-bond donors (Lipinski definition) is 1. The number of carbonyl (C=O) groups is 1. The first-order valence-corrected chi connectivity index (χ1v) is 7.10. The Morgan fingerprint density at radius 3 is 2.71 bits per heavy atom. The first-order valence-electron chi connectivity index (χ1n) is 4.72. The standard InChI is InChI=1S/C10H7Br3N2O2/c11-10(12,13)9(16)17-5-8-14-6-3-1-2-4-7(6)15-8/h1-4H,5H2,(H,14,15)/p+1. The number of aliphatic imine (C=N–C) groups is 1. The topological polar surface area (TPSA) is 55.3 Å². The Labute approximate surface area is 123 Å². The molecule has 4 nitrogen and oxygen atoms in total. The molecule has 2 N–H and O–H groups in total. The Kier molecular flexibility index (Phi) is 4.02. The molecule has 0 aliphatic carbocycles. The van der Waals surface area contributed by atoms with Gasteiger partial charge in [0.05, 0.1) is 0 Å². The first kappa shape index (κ1) is 13.2. The van der Waals surface area contributed by atoms with Crippen LogP contribution in [0, 0.1) is 0 Å². The van der Waals surface area contributed by atoms with E-state index in [4.69, 9.17) is 4.74 Å². The molecule has 0 saturated heterocycles. The van der Waals surface area contributed by atoms with Gasteiger partial charge in [0.25, 0.3) is 0 Å². The molecule has 17 heavy (non-hydrogen) atoms. The number of alkyl halides is 3. The molecule has 0 unspecified atom stereocenters. The SMILES string of the molecule is O=C(OCC1=Nc2ccccc2[NH2+]1)C(Br)(Br)Br. The van der Waals surface area contributed by atoms with Gasteiger partial charge in [0, 0.05) is 6.07 Å². The molecule has 0 bridgehead atoms. The van der Waals surface area contributed by atoms with E-state index in [1.807, 2.05) is 29.6 Å². The summed E-state index contributed by atoms with van der Waals surface area (Å²) in [5.41, 5.74) is 1.95. The molecule has 1 aromatic rings. The van der Waals surface area contributed by atoms with Crippen LogP contribution in [0.5, 0.6) is 0 Å². The lowest BCUT2D eigenvalue weighted by molar-refractivity contribution is -0.442. The average Bonchev–Trinajstić information content (AvgIpc) is 2.66. The Balaban J connectivity index is 1.94. The number of fused-ring (bicyclic) bond motifs is 1. The van der Waals surface area contributed by atoms with E-state index < -0.39 is 8.11 Å². The van der Waals surface area contributed by atoms with E-state index in [0.29, 0.717) is 0 Å². The molecular formula is C10H8Br3N2O2+. The molecule has 7 heteroatoms. The van der Waals surface area contributed by atoms with Crippen LogP contribution < -0.4 is 5.32 Å². The summed E-state index contributed by atoms with van der Waals surface area (Å²) < 4.78 is 4.05. The lowest BCUT2D eigenvalue weighted by Gasteiger charge is -2.10. The van der Waals surface area contributed by atoms with E-state index in [0.717, 1.165) is 17.2 Å². The fraction of sp³-hybridized carbons (Fsp3) is 0.200. The molecule has 0 saturated carbocycles. The minimum Gasteiger partial charge on any atom is -0.451 e. The summed E-state index contributed by atoms with van der Waals surface area (Å²) >= 11 is 9.27. The molecule has 1 aromatic carbocycles. The number of nitrogens with zero attached hydrogens (tertiary/aromatic N) is 1. The molecule has 0 spiro atoms. The van der Waals surface area contributed by atoms with Crippen molar-refractivity contribution in [2.45, 2.75) is 2.14 Å². The number of para-hydroxylation sites is 2.